The van der Waals surface area contributed by atoms with Gasteiger partial charge in [-0.2, -0.15) is 0 Å². The number of imidazole rings is 1. The number of hydrogen-bond donors (Lipinski definition) is 2. The van der Waals surface area contributed by atoms with Crippen LogP contribution in [0.25, 0.3) is 16.9 Å². The first kappa shape index (κ1) is 19.6. The average Bonchev–Trinajstić information content (AvgIpc) is 3.04. The highest BCUT2D eigenvalue weighted by Gasteiger charge is 2.18. The molecule has 0 saturated carbocycles. The molecule has 0 aliphatic carbocycles. The van der Waals surface area contributed by atoms with Crippen LogP contribution in [-0.4, -0.2) is 20.4 Å². The molecule has 152 valence electrons. The molecule has 0 radical (unpaired) electrons. The number of rotatable bonds is 4. The number of carbonyl (C=O) groups excluding carboxylic acids is 1. The fourth-order valence-corrected chi connectivity index (χ4v) is 3.53. The Bertz CT molecular complexity index is 1280. The van der Waals surface area contributed by atoms with Crippen molar-refractivity contribution in [3.05, 3.63) is 82.9 Å². The van der Waals surface area contributed by atoms with Crippen molar-refractivity contribution >= 4 is 17.2 Å². The zero-order chi connectivity index (χ0) is 21.4. The van der Waals surface area contributed by atoms with Gasteiger partial charge in [0.15, 0.2) is 0 Å². The van der Waals surface area contributed by atoms with Crippen molar-refractivity contribution in [3.63, 3.8) is 0 Å². The highest BCUT2D eigenvalue weighted by atomic mass is 19.1. The third-order valence-electron chi connectivity index (χ3n) is 5.11. The van der Waals surface area contributed by atoms with E-state index in [4.69, 9.17) is 4.98 Å². The first-order valence-electron chi connectivity index (χ1n) is 9.65. The van der Waals surface area contributed by atoms with Crippen LogP contribution in [0.3, 0.4) is 0 Å². The number of pyridine rings is 1. The first-order valence-corrected chi connectivity index (χ1v) is 9.65. The zero-order valence-corrected chi connectivity index (χ0v) is 17.0. The molecule has 4 rings (SSSR count). The van der Waals surface area contributed by atoms with Crippen molar-refractivity contribution in [1.82, 2.24) is 9.38 Å². The lowest BCUT2D eigenvalue weighted by atomic mass is 10.1. The maximum Gasteiger partial charge on any atom is 0.230 e. The minimum Gasteiger partial charge on any atom is -0.508 e. The minimum absolute atomic E-state index is 0.0939. The third kappa shape index (κ3) is 3.76. The van der Waals surface area contributed by atoms with E-state index in [2.05, 4.69) is 5.32 Å². The molecule has 0 spiro atoms. The van der Waals surface area contributed by atoms with Gasteiger partial charge in [-0.05, 0) is 79.9 Å². The normalized spacial score (nSPS) is 11.1. The van der Waals surface area contributed by atoms with Crippen LogP contribution in [0, 0.1) is 26.6 Å². The smallest absolute Gasteiger partial charge is 0.230 e. The number of phenols is 1. The highest BCUT2D eigenvalue weighted by Crippen LogP contribution is 2.28. The van der Waals surface area contributed by atoms with E-state index in [0.29, 0.717) is 16.9 Å². The Morgan fingerprint density at radius 1 is 1.07 bits per heavy atom. The second-order valence-corrected chi connectivity index (χ2v) is 7.53. The number of fused-ring (bicyclic) bond motifs is 1. The largest absolute Gasteiger partial charge is 0.508 e. The van der Waals surface area contributed by atoms with Gasteiger partial charge in [-0.3, -0.25) is 4.79 Å². The molecular formula is C24H22FN3O2. The number of hydrogen-bond acceptors (Lipinski definition) is 3. The van der Waals surface area contributed by atoms with Crippen LogP contribution in [0.15, 0.2) is 54.7 Å². The van der Waals surface area contributed by atoms with E-state index in [1.807, 2.05) is 36.6 Å². The van der Waals surface area contributed by atoms with E-state index >= 15 is 0 Å². The van der Waals surface area contributed by atoms with Crippen LogP contribution in [0.4, 0.5) is 10.1 Å². The lowest BCUT2D eigenvalue weighted by molar-refractivity contribution is -0.115. The molecule has 2 heterocycles. The molecular weight excluding hydrogens is 381 g/mol. The summed E-state index contributed by atoms with van der Waals surface area (Å²) >= 11 is 0. The van der Waals surface area contributed by atoms with Crippen LogP contribution < -0.4 is 5.32 Å². The Morgan fingerprint density at radius 3 is 2.60 bits per heavy atom. The highest BCUT2D eigenvalue weighted by molar-refractivity contribution is 5.94. The number of aryl methyl sites for hydroxylation is 3. The predicted molar refractivity (Wildman–Crippen MR) is 115 cm³/mol. The standard InChI is InChI=1S/C24H22FN3O2/c1-14-4-9-22-27-24(17-5-7-19(25)15(2)10-17)21(28(22)13-14)12-23(30)26-20-8-6-18(29)11-16(20)3/h4-11,13,29H,12H2,1-3H3,(H,26,30). The maximum absolute atomic E-state index is 13.8. The quantitative estimate of drug-likeness (QED) is 0.474. The summed E-state index contributed by atoms with van der Waals surface area (Å²) in [5.74, 6) is -0.329. The summed E-state index contributed by atoms with van der Waals surface area (Å²) in [7, 11) is 0. The summed E-state index contributed by atoms with van der Waals surface area (Å²) in [6, 6.07) is 13.5. The number of nitrogens with one attached hydrogen (secondary N) is 1. The summed E-state index contributed by atoms with van der Waals surface area (Å²) < 4.78 is 15.7. The summed E-state index contributed by atoms with van der Waals surface area (Å²) in [4.78, 5) is 17.6. The number of anilines is 1. The number of amides is 1. The molecule has 5 nitrogen and oxygen atoms in total. The number of nitrogens with zero attached hydrogens (tertiary/aromatic N) is 2. The summed E-state index contributed by atoms with van der Waals surface area (Å²) in [6.07, 6.45) is 2.04. The van der Waals surface area contributed by atoms with Gasteiger partial charge in [0.2, 0.25) is 5.91 Å². The summed E-state index contributed by atoms with van der Waals surface area (Å²) in [6.45, 7) is 5.50. The predicted octanol–water partition coefficient (Wildman–Crippen LogP) is 4.95. The Kier molecular flexibility index (Phi) is 4.99. The van der Waals surface area contributed by atoms with E-state index in [1.165, 1.54) is 12.1 Å². The van der Waals surface area contributed by atoms with E-state index in [-0.39, 0.29) is 23.9 Å². The number of aromatic nitrogens is 2. The van der Waals surface area contributed by atoms with Crippen molar-refractivity contribution in [1.29, 1.82) is 0 Å². The van der Waals surface area contributed by atoms with Gasteiger partial charge >= 0.3 is 0 Å². The Labute approximate surface area is 173 Å². The lowest BCUT2D eigenvalue weighted by Gasteiger charge is -2.10. The van der Waals surface area contributed by atoms with Crippen LogP contribution in [0.1, 0.15) is 22.4 Å². The number of carbonyl (C=O) groups is 1. The molecule has 0 bridgehead atoms. The van der Waals surface area contributed by atoms with Crippen LogP contribution in [0.5, 0.6) is 5.75 Å². The van der Waals surface area contributed by atoms with Crippen molar-refractivity contribution in [2.45, 2.75) is 27.2 Å². The Morgan fingerprint density at radius 2 is 1.87 bits per heavy atom. The van der Waals surface area contributed by atoms with Gasteiger partial charge in [-0.25, -0.2) is 9.37 Å². The molecule has 30 heavy (non-hydrogen) atoms. The van der Waals surface area contributed by atoms with Gasteiger partial charge < -0.3 is 14.8 Å². The number of benzene rings is 2. The van der Waals surface area contributed by atoms with Crippen molar-refractivity contribution in [2.24, 2.45) is 0 Å². The summed E-state index contributed by atoms with van der Waals surface area (Å²) in [5.41, 5.74) is 5.84. The number of aromatic hydroxyl groups is 1. The van der Waals surface area contributed by atoms with Gasteiger partial charge in [0.25, 0.3) is 0 Å². The molecule has 0 atom stereocenters. The monoisotopic (exact) mass is 403 g/mol. The van der Waals surface area contributed by atoms with Crippen LogP contribution in [0.2, 0.25) is 0 Å². The fourth-order valence-electron chi connectivity index (χ4n) is 3.53. The lowest BCUT2D eigenvalue weighted by Crippen LogP contribution is -2.16. The molecule has 1 amide bonds. The molecule has 2 aromatic carbocycles. The Hall–Kier alpha value is -3.67. The van der Waals surface area contributed by atoms with Crippen molar-refractivity contribution in [2.75, 3.05) is 5.32 Å². The SMILES string of the molecule is Cc1ccc2nc(-c3ccc(F)c(C)c3)c(CC(=O)Nc3ccc(O)cc3C)n2c1. The molecule has 0 aliphatic rings. The molecule has 0 saturated heterocycles. The minimum atomic E-state index is -0.277. The van der Waals surface area contributed by atoms with E-state index in [0.717, 1.165) is 28.0 Å². The molecule has 4 aromatic rings. The fraction of sp³-hybridized carbons (Fsp3) is 0.167. The van der Waals surface area contributed by atoms with Gasteiger partial charge in [0, 0.05) is 17.4 Å². The third-order valence-corrected chi connectivity index (χ3v) is 5.11. The molecule has 6 heteroatoms. The average molecular weight is 403 g/mol. The molecule has 0 fully saturated rings. The second-order valence-electron chi connectivity index (χ2n) is 7.53. The molecule has 2 aromatic heterocycles. The van der Waals surface area contributed by atoms with Gasteiger partial charge in [-0.15, -0.1) is 0 Å². The van der Waals surface area contributed by atoms with Gasteiger partial charge in [-0.1, -0.05) is 6.07 Å². The van der Waals surface area contributed by atoms with Crippen LogP contribution in [-0.2, 0) is 11.2 Å². The Balaban J connectivity index is 1.75. The molecule has 0 aliphatic heterocycles. The topological polar surface area (TPSA) is 66.6 Å². The second kappa shape index (κ2) is 7.63. The maximum atomic E-state index is 13.8. The van der Waals surface area contributed by atoms with E-state index < -0.39 is 0 Å². The summed E-state index contributed by atoms with van der Waals surface area (Å²) in [5, 5.41) is 12.5. The van der Waals surface area contributed by atoms with E-state index in [9.17, 15) is 14.3 Å². The zero-order valence-electron chi connectivity index (χ0n) is 17.0. The van der Waals surface area contributed by atoms with Crippen LogP contribution >= 0.6 is 0 Å². The first-order chi connectivity index (χ1) is 14.3. The van der Waals surface area contributed by atoms with Gasteiger partial charge in [0.05, 0.1) is 17.8 Å². The number of halogens is 1. The van der Waals surface area contributed by atoms with E-state index in [1.54, 1.807) is 31.2 Å². The van der Waals surface area contributed by atoms with Gasteiger partial charge in [0.1, 0.15) is 17.2 Å². The molecule has 0 unspecified atom stereocenters. The van der Waals surface area contributed by atoms with Crippen molar-refractivity contribution in [3.8, 4) is 17.0 Å². The number of phenolic OH excluding ortho intramolecular Hbond substituents is 1. The van der Waals surface area contributed by atoms with Crippen molar-refractivity contribution < 1.29 is 14.3 Å². The molecule has 2 N–H and O–H groups in total.